The first-order valence-electron chi connectivity index (χ1n) is 5.60. The van der Waals surface area contributed by atoms with Gasteiger partial charge in [0.15, 0.2) is 0 Å². The van der Waals surface area contributed by atoms with Gasteiger partial charge in [-0.05, 0) is 19.1 Å². The molecule has 0 aromatic heterocycles. The standard InChI is InChI=1S/C14H18O2Si/c1-12(10-11-17(2,3)4)14(15)16-13-8-6-5-7-9-13/h5-9,11H,1-4H3. The van der Waals surface area contributed by atoms with Crippen molar-refractivity contribution in [2.24, 2.45) is 0 Å². The minimum Gasteiger partial charge on any atom is -0.423 e. The topological polar surface area (TPSA) is 26.3 Å². The van der Waals surface area contributed by atoms with Crippen LogP contribution in [-0.4, -0.2) is 14.0 Å². The lowest BCUT2D eigenvalue weighted by molar-refractivity contribution is -0.130. The summed E-state index contributed by atoms with van der Waals surface area (Å²) >= 11 is 0. The molecule has 3 heteroatoms. The number of carbonyl (C=O) groups is 1. The van der Waals surface area contributed by atoms with Gasteiger partial charge < -0.3 is 4.74 Å². The van der Waals surface area contributed by atoms with Crippen molar-refractivity contribution in [1.82, 2.24) is 0 Å². The number of hydrogen-bond donors (Lipinski definition) is 0. The summed E-state index contributed by atoms with van der Waals surface area (Å²) in [4.78, 5) is 11.7. The van der Waals surface area contributed by atoms with Gasteiger partial charge in [-0.3, -0.25) is 0 Å². The van der Waals surface area contributed by atoms with Crippen LogP contribution in [0.15, 0.2) is 47.3 Å². The Balaban J connectivity index is 2.75. The van der Waals surface area contributed by atoms with Gasteiger partial charge in [0.2, 0.25) is 0 Å². The Kier molecular flexibility index (Phi) is 4.50. The summed E-state index contributed by atoms with van der Waals surface area (Å²) in [7, 11) is -1.32. The monoisotopic (exact) mass is 246 g/mol. The molecule has 0 fully saturated rings. The van der Waals surface area contributed by atoms with E-state index in [0.717, 1.165) is 0 Å². The summed E-state index contributed by atoms with van der Waals surface area (Å²) in [6.07, 6.45) is 0. The van der Waals surface area contributed by atoms with E-state index in [1.54, 1.807) is 19.1 Å². The molecule has 0 N–H and O–H groups in total. The van der Waals surface area contributed by atoms with Crippen LogP contribution in [0.5, 0.6) is 5.75 Å². The number of benzene rings is 1. The maximum Gasteiger partial charge on any atom is 0.346 e. The molecule has 1 aromatic rings. The lowest BCUT2D eigenvalue weighted by Gasteiger charge is -2.06. The average molecular weight is 246 g/mol. The lowest BCUT2D eigenvalue weighted by Crippen LogP contribution is -2.15. The third-order valence-corrected chi connectivity index (χ3v) is 2.99. The molecule has 1 rings (SSSR count). The van der Waals surface area contributed by atoms with Crippen molar-refractivity contribution in [1.29, 1.82) is 0 Å². The highest BCUT2D eigenvalue weighted by molar-refractivity contribution is 6.80. The van der Waals surface area contributed by atoms with Gasteiger partial charge in [-0.2, -0.15) is 0 Å². The number of carbonyl (C=O) groups excluding carboxylic acids is 1. The van der Waals surface area contributed by atoms with Gasteiger partial charge in [-0.25, -0.2) is 4.79 Å². The fraction of sp³-hybridized carbons (Fsp3) is 0.286. The van der Waals surface area contributed by atoms with Crippen LogP contribution in [0.4, 0.5) is 0 Å². The normalized spacial score (nSPS) is 10.4. The first-order valence-corrected chi connectivity index (χ1v) is 9.18. The average Bonchev–Trinajstić information content (AvgIpc) is 2.26. The van der Waals surface area contributed by atoms with Gasteiger partial charge in [-0.15, -0.1) is 5.73 Å². The Morgan fingerprint density at radius 3 is 2.35 bits per heavy atom. The molecular formula is C14H18O2Si. The molecule has 90 valence electrons. The Labute approximate surface area is 104 Å². The number of esters is 1. The van der Waals surface area contributed by atoms with Crippen molar-refractivity contribution in [2.45, 2.75) is 26.6 Å². The number of ether oxygens (including phenoxy) is 1. The van der Waals surface area contributed by atoms with Crippen LogP contribution in [0.1, 0.15) is 6.92 Å². The highest BCUT2D eigenvalue weighted by Gasteiger charge is 2.09. The highest BCUT2D eigenvalue weighted by Crippen LogP contribution is 2.10. The minimum absolute atomic E-state index is 0.342. The maximum atomic E-state index is 11.7. The van der Waals surface area contributed by atoms with Crippen molar-refractivity contribution < 1.29 is 9.53 Å². The summed E-state index contributed by atoms with van der Waals surface area (Å²) in [5, 5.41) is 0. The highest BCUT2D eigenvalue weighted by atomic mass is 28.3. The van der Waals surface area contributed by atoms with Gasteiger partial charge in [0.1, 0.15) is 5.75 Å². The second-order valence-electron chi connectivity index (χ2n) is 4.98. The molecule has 0 unspecified atom stereocenters. The molecule has 0 spiro atoms. The molecule has 1 aromatic carbocycles. The molecule has 0 saturated carbocycles. The maximum absolute atomic E-state index is 11.7. The molecule has 0 bridgehead atoms. The fourth-order valence-corrected chi connectivity index (χ4v) is 1.71. The zero-order valence-corrected chi connectivity index (χ0v) is 11.8. The van der Waals surface area contributed by atoms with E-state index in [-0.39, 0.29) is 5.97 Å². The van der Waals surface area contributed by atoms with Crippen molar-refractivity contribution in [3.63, 3.8) is 0 Å². The van der Waals surface area contributed by atoms with Crippen LogP contribution in [0.25, 0.3) is 0 Å². The van der Waals surface area contributed by atoms with Gasteiger partial charge in [0, 0.05) is 0 Å². The van der Waals surface area contributed by atoms with Crippen LogP contribution in [0.2, 0.25) is 19.6 Å². The lowest BCUT2D eigenvalue weighted by atomic mass is 10.3. The second kappa shape index (κ2) is 5.67. The van der Waals surface area contributed by atoms with Crippen molar-refractivity contribution in [3.8, 4) is 5.75 Å². The van der Waals surface area contributed by atoms with Gasteiger partial charge in [0.05, 0.1) is 13.6 Å². The van der Waals surface area contributed by atoms with Gasteiger partial charge >= 0.3 is 5.97 Å². The zero-order chi connectivity index (χ0) is 12.9. The van der Waals surface area contributed by atoms with Crippen molar-refractivity contribution in [3.05, 3.63) is 47.3 Å². The molecule has 0 radical (unpaired) electrons. The Morgan fingerprint density at radius 1 is 1.24 bits per heavy atom. The largest absolute Gasteiger partial charge is 0.423 e. The second-order valence-corrected chi connectivity index (χ2v) is 10.0. The summed E-state index contributed by atoms with van der Waals surface area (Å²) < 4.78 is 5.20. The quantitative estimate of drug-likeness (QED) is 0.268. The van der Waals surface area contributed by atoms with Gasteiger partial charge in [-0.1, -0.05) is 43.5 Å². The molecule has 17 heavy (non-hydrogen) atoms. The predicted octanol–water partition coefficient (Wildman–Crippen LogP) is 3.57. The summed E-state index contributed by atoms with van der Waals surface area (Å²) in [5.74, 6) is 0.220. The Hall–Kier alpha value is -1.57. The minimum atomic E-state index is -1.32. The number of para-hydroxylation sites is 1. The predicted molar refractivity (Wildman–Crippen MR) is 72.7 cm³/mol. The molecule has 0 aliphatic carbocycles. The van der Waals surface area contributed by atoms with E-state index in [9.17, 15) is 4.79 Å². The SMILES string of the molecule is CC(=C=C[Si](C)(C)C)C(=O)Oc1ccccc1. The Morgan fingerprint density at radius 2 is 1.82 bits per heavy atom. The van der Waals surface area contributed by atoms with E-state index in [1.165, 1.54) is 0 Å². The van der Waals surface area contributed by atoms with E-state index in [2.05, 4.69) is 25.4 Å². The fourth-order valence-electron chi connectivity index (χ4n) is 1.06. The third-order valence-electron chi connectivity index (χ3n) is 1.98. The zero-order valence-electron chi connectivity index (χ0n) is 10.8. The summed E-state index contributed by atoms with van der Waals surface area (Å²) in [5.41, 5.74) is 5.54. The molecule has 0 atom stereocenters. The van der Waals surface area contributed by atoms with E-state index in [0.29, 0.717) is 11.3 Å². The third kappa shape index (κ3) is 5.34. The number of rotatable bonds is 3. The van der Waals surface area contributed by atoms with E-state index >= 15 is 0 Å². The van der Waals surface area contributed by atoms with Crippen LogP contribution in [-0.2, 0) is 4.79 Å². The van der Waals surface area contributed by atoms with E-state index in [1.807, 2.05) is 23.9 Å². The molecule has 0 heterocycles. The summed E-state index contributed by atoms with van der Waals surface area (Å²) in [6.45, 7) is 8.29. The van der Waals surface area contributed by atoms with Crippen molar-refractivity contribution >= 4 is 14.0 Å². The number of hydrogen-bond acceptors (Lipinski definition) is 2. The smallest absolute Gasteiger partial charge is 0.346 e. The first kappa shape index (κ1) is 13.5. The van der Waals surface area contributed by atoms with Crippen molar-refractivity contribution in [2.75, 3.05) is 0 Å². The van der Waals surface area contributed by atoms with Crippen LogP contribution in [0.3, 0.4) is 0 Å². The molecule has 2 nitrogen and oxygen atoms in total. The Bertz CT molecular complexity index is 449. The van der Waals surface area contributed by atoms with Crippen LogP contribution >= 0.6 is 0 Å². The van der Waals surface area contributed by atoms with E-state index < -0.39 is 8.07 Å². The first-order chi connectivity index (χ1) is 7.88. The summed E-state index contributed by atoms with van der Waals surface area (Å²) in [6, 6.07) is 9.06. The molecule has 0 amide bonds. The van der Waals surface area contributed by atoms with Crippen LogP contribution in [0, 0.1) is 0 Å². The molecule has 0 aliphatic heterocycles. The van der Waals surface area contributed by atoms with Gasteiger partial charge in [0.25, 0.3) is 0 Å². The molecule has 0 saturated heterocycles. The molecule has 0 aliphatic rings. The van der Waals surface area contributed by atoms with E-state index in [4.69, 9.17) is 4.74 Å². The van der Waals surface area contributed by atoms with Crippen LogP contribution < -0.4 is 4.74 Å². The molecular weight excluding hydrogens is 228 g/mol.